The van der Waals surface area contributed by atoms with E-state index >= 15 is 0 Å². The molecule has 3 heteroatoms. The standard InChI is InChI=1S/C15H22BrNO/c1-11-5-3-4-6-14(11)17(2)15-8-7-13(16)9-12(15)10-18/h7-9,11,14,18H,3-6,10H2,1-2H3. The van der Waals surface area contributed by atoms with Crippen molar-refractivity contribution in [1.29, 1.82) is 0 Å². The van der Waals surface area contributed by atoms with Crippen molar-refractivity contribution in [2.24, 2.45) is 5.92 Å². The Kier molecular flexibility index (Phi) is 4.68. The van der Waals surface area contributed by atoms with Crippen LogP contribution in [0.4, 0.5) is 5.69 Å². The topological polar surface area (TPSA) is 23.5 Å². The minimum atomic E-state index is 0.0974. The third-order valence-corrected chi connectivity index (χ3v) is 4.65. The number of anilines is 1. The summed E-state index contributed by atoms with van der Waals surface area (Å²) in [5.41, 5.74) is 2.17. The highest BCUT2D eigenvalue weighted by Crippen LogP contribution is 2.33. The maximum Gasteiger partial charge on any atom is 0.0702 e. The summed E-state index contributed by atoms with van der Waals surface area (Å²) >= 11 is 3.46. The number of rotatable bonds is 3. The first-order valence-corrected chi connectivity index (χ1v) is 7.55. The highest BCUT2D eigenvalue weighted by atomic mass is 79.9. The summed E-state index contributed by atoms with van der Waals surface area (Å²) in [5.74, 6) is 0.735. The predicted octanol–water partition coefficient (Wildman–Crippen LogP) is 3.96. The third-order valence-electron chi connectivity index (χ3n) is 4.16. The average Bonchev–Trinajstić information content (AvgIpc) is 2.38. The van der Waals surface area contributed by atoms with E-state index in [0.717, 1.165) is 16.0 Å². The molecule has 1 aliphatic rings. The summed E-state index contributed by atoms with van der Waals surface area (Å²) in [6, 6.07) is 6.78. The van der Waals surface area contributed by atoms with Crippen LogP contribution < -0.4 is 4.90 Å². The summed E-state index contributed by atoms with van der Waals surface area (Å²) in [5, 5.41) is 9.51. The Morgan fingerprint density at radius 3 is 2.72 bits per heavy atom. The molecule has 0 aliphatic heterocycles. The van der Waals surface area contributed by atoms with Gasteiger partial charge in [-0.25, -0.2) is 0 Å². The van der Waals surface area contributed by atoms with Crippen molar-refractivity contribution >= 4 is 21.6 Å². The lowest BCUT2D eigenvalue weighted by Gasteiger charge is -2.38. The SMILES string of the molecule is CC1CCCCC1N(C)c1ccc(Br)cc1CO. The number of aliphatic hydroxyl groups excluding tert-OH is 1. The van der Waals surface area contributed by atoms with Crippen LogP contribution in [-0.4, -0.2) is 18.2 Å². The number of nitrogens with zero attached hydrogens (tertiary/aromatic N) is 1. The van der Waals surface area contributed by atoms with Crippen LogP contribution in [0.3, 0.4) is 0 Å². The van der Waals surface area contributed by atoms with Gasteiger partial charge in [-0.3, -0.25) is 0 Å². The van der Waals surface area contributed by atoms with Crippen LogP contribution in [0.15, 0.2) is 22.7 Å². The molecule has 2 rings (SSSR count). The van der Waals surface area contributed by atoms with E-state index in [2.05, 4.69) is 46.9 Å². The average molecular weight is 312 g/mol. The van der Waals surface area contributed by atoms with Crippen LogP contribution in [0.2, 0.25) is 0 Å². The van der Waals surface area contributed by atoms with Gasteiger partial charge in [0.1, 0.15) is 0 Å². The lowest BCUT2D eigenvalue weighted by molar-refractivity contribution is 0.280. The molecule has 0 aromatic heterocycles. The molecule has 0 spiro atoms. The van der Waals surface area contributed by atoms with E-state index in [1.807, 2.05) is 6.07 Å². The third kappa shape index (κ3) is 2.89. The van der Waals surface area contributed by atoms with E-state index in [9.17, 15) is 5.11 Å². The van der Waals surface area contributed by atoms with E-state index in [0.29, 0.717) is 6.04 Å². The van der Waals surface area contributed by atoms with Crippen molar-refractivity contribution in [2.75, 3.05) is 11.9 Å². The first kappa shape index (κ1) is 13.9. The van der Waals surface area contributed by atoms with E-state index in [1.165, 1.54) is 31.4 Å². The van der Waals surface area contributed by atoms with Gasteiger partial charge in [0.25, 0.3) is 0 Å². The molecule has 2 nitrogen and oxygen atoms in total. The first-order chi connectivity index (χ1) is 8.63. The molecule has 2 unspecified atom stereocenters. The van der Waals surface area contributed by atoms with Gasteiger partial charge >= 0.3 is 0 Å². The van der Waals surface area contributed by atoms with Crippen LogP contribution in [0.5, 0.6) is 0 Å². The molecule has 1 aromatic rings. The second kappa shape index (κ2) is 6.07. The summed E-state index contributed by atoms with van der Waals surface area (Å²) in [4.78, 5) is 2.36. The van der Waals surface area contributed by atoms with Gasteiger partial charge in [0, 0.05) is 28.8 Å². The van der Waals surface area contributed by atoms with Crippen molar-refractivity contribution in [3.8, 4) is 0 Å². The quantitative estimate of drug-likeness (QED) is 0.913. The number of halogens is 1. The van der Waals surface area contributed by atoms with Gasteiger partial charge in [0.2, 0.25) is 0 Å². The molecule has 0 amide bonds. The van der Waals surface area contributed by atoms with E-state index in [4.69, 9.17) is 0 Å². The molecule has 18 heavy (non-hydrogen) atoms. The van der Waals surface area contributed by atoms with Gasteiger partial charge in [0.15, 0.2) is 0 Å². The minimum absolute atomic E-state index is 0.0974. The van der Waals surface area contributed by atoms with Gasteiger partial charge in [-0.2, -0.15) is 0 Å². The zero-order chi connectivity index (χ0) is 13.1. The molecule has 0 bridgehead atoms. The molecular formula is C15H22BrNO. The van der Waals surface area contributed by atoms with Crippen molar-refractivity contribution in [1.82, 2.24) is 0 Å². The number of benzene rings is 1. The Hall–Kier alpha value is -0.540. The Labute approximate surface area is 118 Å². The largest absolute Gasteiger partial charge is 0.392 e. The normalized spacial score (nSPS) is 24.0. The predicted molar refractivity (Wildman–Crippen MR) is 79.9 cm³/mol. The molecule has 0 radical (unpaired) electrons. The van der Waals surface area contributed by atoms with Crippen molar-refractivity contribution < 1.29 is 5.11 Å². The molecule has 1 fully saturated rings. The molecule has 100 valence electrons. The molecule has 1 aliphatic carbocycles. The summed E-state index contributed by atoms with van der Waals surface area (Å²) in [7, 11) is 2.16. The number of aliphatic hydroxyl groups is 1. The molecule has 1 saturated carbocycles. The zero-order valence-electron chi connectivity index (χ0n) is 11.2. The van der Waals surface area contributed by atoms with Crippen LogP contribution in [0.25, 0.3) is 0 Å². The van der Waals surface area contributed by atoms with Crippen molar-refractivity contribution in [3.63, 3.8) is 0 Å². The Balaban J connectivity index is 2.24. The molecule has 2 atom stereocenters. The van der Waals surface area contributed by atoms with Gasteiger partial charge < -0.3 is 10.0 Å². The Morgan fingerprint density at radius 2 is 2.06 bits per heavy atom. The van der Waals surface area contributed by atoms with Gasteiger partial charge in [0.05, 0.1) is 6.61 Å². The maximum absolute atomic E-state index is 9.51. The Morgan fingerprint density at radius 1 is 1.33 bits per heavy atom. The van der Waals surface area contributed by atoms with Crippen molar-refractivity contribution in [2.45, 2.75) is 45.3 Å². The van der Waals surface area contributed by atoms with Crippen LogP contribution in [0, 0.1) is 5.92 Å². The van der Waals surface area contributed by atoms with E-state index < -0.39 is 0 Å². The van der Waals surface area contributed by atoms with Gasteiger partial charge in [-0.1, -0.05) is 35.7 Å². The molecule has 1 N–H and O–H groups in total. The molecule has 0 heterocycles. The first-order valence-electron chi connectivity index (χ1n) is 6.75. The van der Waals surface area contributed by atoms with Gasteiger partial charge in [-0.15, -0.1) is 0 Å². The monoisotopic (exact) mass is 311 g/mol. The second-order valence-electron chi connectivity index (χ2n) is 5.37. The molecule has 1 aromatic carbocycles. The van der Waals surface area contributed by atoms with E-state index in [-0.39, 0.29) is 6.61 Å². The lowest BCUT2D eigenvalue weighted by Crippen LogP contribution is -2.39. The Bertz CT molecular complexity index is 407. The summed E-state index contributed by atoms with van der Waals surface area (Å²) in [6.45, 7) is 2.44. The zero-order valence-corrected chi connectivity index (χ0v) is 12.8. The van der Waals surface area contributed by atoms with E-state index in [1.54, 1.807) is 0 Å². The van der Waals surface area contributed by atoms with Gasteiger partial charge in [-0.05, 0) is 37.0 Å². The lowest BCUT2D eigenvalue weighted by atomic mass is 9.84. The smallest absolute Gasteiger partial charge is 0.0702 e. The molecular weight excluding hydrogens is 290 g/mol. The summed E-state index contributed by atoms with van der Waals surface area (Å²) < 4.78 is 1.03. The fourth-order valence-corrected chi connectivity index (χ4v) is 3.48. The van der Waals surface area contributed by atoms with Crippen LogP contribution in [-0.2, 0) is 6.61 Å². The summed E-state index contributed by atoms with van der Waals surface area (Å²) in [6.07, 6.45) is 5.27. The highest BCUT2D eigenvalue weighted by Gasteiger charge is 2.26. The number of hydrogen-bond donors (Lipinski definition) is 1. The second-order valence-corrected chi connectivity index (χ2v) is 6.29. The fourth-order valence-electron chi connectivity index (χ4n) is 3.08. The number of hydrogen-bond acceptors (Lipinski definition) is 2. The maximum atomic E-state index is 9.51. The minimum Gasteiger partial charge on any atom is -0.392 e. The van der Waals surface area contributed by atoms with Crippen LogP contribution >= 0.6 is 15.9 Å². The van der Waals surface area contributed by atoms with Crippen molar-refractivity contribution in [3.05, 3.63) is 28.2 Å². The van der Waals surface area contributed by atoms with Crippen LogP contribution in [0.1, 0.15) is 38.2 Å². The fraction of sp³-hybridized carbons (Fsp3) is 0.600. The highest BCUT2D eigenvalue weighted by molar-refractivity contribution is 9.10. The molecule has 0 saturated heterocycles.